The summed E-state index contributed by atoms with van der Waals surface area (Å²) in [6.07, 6.45) is 53.2. The SMILES string of the molecule is C=C(CCCCCCCCCN(CCCCO)CCCCCCCCCC(=O)OCC(CCCCCC)CCCCCCCC)OCC(CCCCCC)CCCCCCCC. The van der Waals surface area contributed by atoms with Gasteiger partial charge in [-0.2, -0.15) is 0 Å². The molecule has 0 saturated carbocycles. The lowest BCUT2D eigenvalue weighted by molar-refractivity contribution is -0.145. The van der Waals surface area contributed by atoms with Crippen molar-refractivity contribution in [3.63, 3.8) is 0 Å². The van der Waals surface area contributed by atoms with Crippen molar-refractivity contribution in [1.82, 2.24) is 4.90 Å². The molecule has 0 aliphatic carbocycles. The monoisotopic (exact) mass is 876 g/mol. The van der Waals surface area contributed by atoms with E-state index in [1.54, 1.807) is 0 Å². The Morgan fingerprint density at radius 2 is 0.710 bits per heavy atom. The highest BCUT2D eigenvalue weighted by molar-refractivity contribution is 5.69. The maximum Gasteiger partial charge on any atom is 0.305 e. The van der Waals surface area contributed by atoms with Gasteiger partial charge < -0.3 is 19.5 Å². The molecule has 0 spiro atoms. The smallest absolute Gasteiger partial charge is 0.305 e. The number of rotatable bonds is 53. The summed E-state index contributed by atoms with van der Waals surface area (Å²) in [5, 5.41) is 9.35. The van der Waals surface area contributed by atoms with E-state index >= 15 is 0 Å². The molecule has 1 N–H and O–H groups in total. The van der Waals surface area contributed by atoms with Crippen LogP contribution >= 0.6 is 0 Å². The standard InChI is InChI=1S/C57H113NO4/c1-6-10-14-18-27-35-45-55(43-33-16-12-8-3)52-61-54(5)42-32-26-22-20-24-30-38-48-58(50-40-41-51-59)49-39-31-25-21-23-29-37-47-57(60)62-53-56(44-34-17-13-9-4)46-36-28-19-15-11-7-2/h55-56,59H,5-53H2,1-4H3. The molecule has 0 aliphatic rings. The molecule has 62 heavy (non-hydrogen) atoms. The lowest BCUT2D eigenvalue weighted by atomic mass is 9.95. The Morgan fingerprint density at radius 3 is 1.11 bits per heavy atom. The zero-order valence-corrected chi connectivity index (χ0v) is 42.9. The van der Waals surface area contributed by atoms with Crippen LogP contribution < -0.4 is 0 Å². The lowest BCUT2D eigenvalue weighted by Gasteiger charge is -2.22. The van der Waals surface area contributed by atoms with Gasteiger partial charge in [0.05, 0.1) is 19.0 Å². The van der Waals surface area contributed by atoms with Crippen molar-refractivity contribution in [2.24, 2.45) is 11.8 Å². The van der Waals surface area contributed by atoms with Gasteiger partial charge in [0.25, 0.3) is 0 Å². The van der Waals surface area contributed by atoms with Crippen molar-refractivity contribution >= 4 is 5.97 Å². The maximum atomic E-state index is 12.6. The number of carbonyl (C=O) groups excluding carboxylic acids is 1. The number of aliphatic hydroxyl groups is 1. The van der Waals surface area contributed by atoms with E-state index < -0.39 is 0 Å². The molecular formula is C57H113NO4. The molecule has 0 radical (unpaired) electrons. The first-order valence-corrected chi connectivity index (χ1v) is 28.3. The molecule has 2 atom stereocenters. The third-order valence-electron chi connectivity index (χ3n) is 13.5. The highest BCUT2D eigenvalue weighted by atomic mass is 16.5. The molecule has 370 valence electrons. The molecule has 0 aromatic carbocycles. The second kappa shape index (κ2) is 50.9. The Kier molecular flexibility index (Phi) is 50.0. The van der Waals surface area contributed by atoms with Crippen LogP contribution in [-0.4, -0.2) is 55.4 Å². The largest absolute Gasteiger partial charge is 0.498 e. The fourth-order valence-corrected chi connectivity index (χ4v) is 9.17. The van der Waals surface area contributed by atoms with Gasteiger partial charge >= 0.3 is 5.97 Å². The first-order valence-electron chi connectivity index (χ1n) is 28.3. The predicted molar refractivity (Wildman–Crippen MR) is 273 cm³/mol. The van der Waals surface area contributed by atoms with E-state index in [0.29, 0.717) is 31.5 Å². The molecule has 5 nitrogen and oxygen atoms in total. The summed E-state index contributed by atoms with van der Waals surface area (Å²) >= 11 is 0. The molecule has 5 heteroatoms. The Morgan fingerprint density at radius 1 is 0.403 bits per heavy atom. The first-order chi connectivity index (χ1) is 30.5. The van der Waals surface area contributed by atoms with Crippen LogP contribution in [0.25, 0.3) is 0 Å². The molecule has 0 amide bonds. The molecule has 0 fully saturated rings. The van der Waals surface area contributed by atoms with E-state index in [-0.39, 0.29) is 5.97 Å². The van der Waals surface area contributed by atoms with Crippen LogP contribution in [0.2, 0.25) is 0 Å². The van der Waals surface area contributed by atoms with E-state index in [0.717, 1.165) is 51.0 Å². The second-order valence-electron chi connectivity index (χ2n) is 19.8. The highest BCUT2D eigenvalue weighted by Gasteiger charge is 2.13. The van der Waals surface area contributed by atoms with Crippen molar-refractivity contribution in [2.75, 3.05) is 39.5 Å². The van der Waals surface area contributed by atoms with E-state index in [9.17, 15) is 9.90 Å². The van der Waals surface area contributed by atoms with Crippen LogP contribution in [0.5, 0.6) is 0 Å². The number of hydrogen-bond donors (Lipinski definition) is 1. The third-order valence-corrected chi connectivity index (χ3v) is 13.5. The summed E-state index contributed by atoms with van der Waals surface area (Å²) in [7, 11) is 0. The molecule has 2 unspecified atom stereocenters. The molecule has 0 aromatic rings. The molecule has 0 saturated heterocycles. The van der Waals surface area contributed by atoms with E-state index in [1.807, 2.05) is 0 Å². The summed E-state index contributed by atoms with van der Waals surface area (Å²) in [4.78, 5) is 15.2. The minimum absolute atomic E-state index is 0.0288. The number of esters is 1. The van der Waals surface area contributed by atoms with Gasteiger partial charge in [0, 0.05) is 19.4 Å². The Hall–Kier alpha value is -1.07. The van der Waals surface area contributed by atoms with Gasteiger partial charge in [0.15, 0.2) is 0 Å². The first kappa shape index (κ1) is 60.9. The van der Waals surface area contributed by atoms with Gasteiger partial charge in [-0.25, -0.2) is 0 Å². The Labute approximate surface area is 389 Å². The van der Waals surface area contributed by atoms with E-state index in [1.165, 1.54) is 244 Å². The zero-order chi connectivity index (χ0) is 45.2. The average molecular weight is 877 g/mol. The summed E-state index contributed by atoms with van der Waals surface area (Å²) in [6, 6.07) is 0. The summed E-state index contributed by atoms with van der Waals surface area (Å²) in [5.74, 6) is 2.31. The molecule has 0 aromatic heterocycles. The molecule has 0 rings (SSSR count). The predicted octanol–water partition coefficient (Wildman–Crippen LogP) is 18.1. The van der Waals surface area contributed by atoms with Crippen LogP contribution in [0.3, 0.4) is 0 Å². The number of ether oxygens (including phenoxy) is 2. The summed E-state index contributed by atoms with van der Waals surface area (Å²) in [6.45, 7) is 18.8. The van der Waals surface area contributed by atoms with Crippen molar-refractivity contribution in [3.05, 3.63) is 12.3 Å². The summed E-state index contributed by atoms with van der Waals surface area (Å²) in [5.41, 5.74) is 0. The van der Waals surface area contributed by atoms with Gasteiger partial charge in [0.1, 0.15) is 0 Å². The normalized spacial score (nSPS) is 12.6. The number of unbranched alkanes of at least 4 members (excludes halogenated alkanes) is 29. The Bertz CT molecular complexity index is 828. The van der Waals surface area contributed by atoms with Crippen molar-refractivity contribution in [1.29, 1.82) is 0 Å². The number of hydrogen-bond acceptors (Lipinski definition) is 5. The number of aliphatic hydroxyl groups excluding tert-OH is 1. The minimum Gasteiger partial charge on any atom is -0.498 e. The van der Waals surface area contributed by atoms with Crippen molar-refractivity contribution < 1.29 is 19.4 Å². The lowest BCUT2D eigenvalue weighted by Crippen LogP contribution is -2.27. The fourth-order valence-electron chi connectivity index (χ4n) is 9.17. The zero-order valence-electron chi connectivity index (χ0n) is 42.9. The third kappa shape index (κ3) is 45.5. The summed E-state index contributed by atoms with van der Waals surface area (Å²) < 4.78 is 12.1. The number of carbonyl (C=O) groups is 1. The van der Waals surface area contributed by atoms with Crippen LogP contribution in [0.4, 0.5) is 0 Å². The average Bonchev–Trinajstić information content (AvgIpc) is 3.27. The van der Waals surface area contributed by atoms with Crippen molar-refractivity contribution in [3.8, 4) is 0 Å². The van der Waals surface area contributed by atoms with Crippen LogP contribution in [0.15, 0.2) is 12.3 Å². The molecular weight excluding hydrogens is 763 g/mol. The second-order valence-corrected chi connectivity index (χ2v) is 19.8. The number of nitrogens with zero attached hydrogens (tertiary/aromatic N) is 1. The minimum atomic E-state index is 0.0288. The molecule has 0 bridgehead atoms. The van der Waals surface area contributed by atoms with Gasteiger partial charge in [-0.15, -0.1) is 0 Å². The van der Waals surface area contributed by atoms with Crippen molar-refractivity contribution in [2.45, 2.75) is 297 Å². The Balaban J connectivity index is 4.09. The van der Waals surface area contributed by atoms with E-state index in [2.05, 4.69) is 39.2 Å². The highest BCUT2D eigenvalue weighted by Crippen LogP contribution is 2.23. The molecule has 0 aliphatic heterocycles. The quantitative estimate of drug-likeness (QED) is 0.0375. The topological polar surface area (TPSA) is 59.0 Å². The fraction of sp³-hybridized carbons (Fsp3) is 0.947. The molecule has 0 heterocycles. The van der Waals surface area contributed by atoms with Gasteiger partial charge in [-0.05, 0) is 95.7 Å². The number of allylic oxidation sites excluding steroid dienone is 1. The van der Waals surface area contributed by atoms with Crippen LogP contribution in [0.1, 0.15) is 297 Å². The maximum absolute atomic E-state index is 12.6. The van der Waals surface area contributed by atoms with E-state index in [4.69, 9.17) is 9.47 Å². The van der Waals surface area contributed by atoms with Crippen LogP contribution in [-0.2, 0) is 14.3 Å². The van der Waals surface area contributed by atoms with Gasteiger partial charge in [-0.1, -0.05) is 227 Å². The van der Waals surface area contributed by atoms with Gasteiger partial charge in [-0.3, -0.25) is 4.79 Å². The van der Waals surface area contributed by atoms with Gasteiger partial charge in [0.2, 0.25) is 0 Å². The van der Waals surface area contributed by atoms with Crippen LogP contribution in [0, 0.1) is 11.8 Å².